The van der Waals surface area contributed by atoms with E-state index >= 15 is 0 Å². The van der Waals surface area contributed by atoms with Gasteiger partial charge in [-0.15, -0.1) is 0 Å². The Labute approximate surface area is 95.8 Å². The lowest BCUT2D eigenvalue weighted by Gasteiger charge is -2.24. The average molecular weight is 222 g/mol. The molecule has 16 heavy (non-hydrogen) atoms. The Balaban J connectivity index is 2.07. The zero-order chi connectivity index (χ0) is 11.4. The standard InChI is InChI=1S/C12H18N2O2/c1-9(13)11-3-2-6-14-12(11)16-10-4-7-15-8-5-10/h2-3,6,9-10H,4-5,7-8,13H2,1H3/t9-/m1/s1. The maximum atomic E-state index is 5.88. The molecule has 4 nitrogen and oxygen atoms in total. The number of pyridine rings is 1. The molecule has 0 spiro atoms. The molecule has 0 radical (unpaired) electrons. The summed E-state index contributed by atoms with van der Waals surface area (Å²) in [5.74, 6) is 0.671. The fourth-order valence-electron chi connectivity index (χ4n) is 1.80. The molecule has 1 atom stereocenters. The van der Waals surface area contributed by atoms with Crippen molar-refractivity contribution in [2.75, 3.05) is 13.2 Å². The van der Waals surface area contributed by atoms with Crippen LogP contribution in [0.3, 0.4) is 0 Å². The summed E-state index contributed by atoms with van der Waals surface area (Å²) in [6.45, 7) is 3.48. The van der Waals surface area contributed by atoms with Crippen LogP contribution >= 0.6 is 0 Å². The van der Waals surface area contributed by atoms with Gasteiger partial charge in [-0.2, -0.15) is 0 Å². The molecule has 2 N–H and O–H groups in total. The van der Waals surface area contributed by atoms with Crippen molar-refractivity contribution < 1.29 is 9.47 Å². The largest absolute Gasteiger partial charge is 0.474 e. The molecule has 0 amide bonds. The Kier molecular flexibility index (Phi) is 3.74. The zero-order valence-electron chi connectivity index (χ0n) is 9.56. The molecule has 2 heterocycles. The normalized spacial score (nSPS) is 19.4. The minimum atomic E-state index is -0.0523. The summed E-state index contributed by atoms with van der Waals surface area (Å²) in [4.78, 5) is 4.25. The van der Waals surface area contributed by atoms with Crippen molar-refractivity contribution in [2.45, 2.75) is 31.9 Å². The summed E-state index contributed by atoms with van der Waals surface area (Å²) in [5.41, 5.74) is 6.84. The number of rotatable bonds is 3. The topological polar surface area (TPSA) is 57.4 Å². The summed E-state index contributed by atoms with van der Waals surface area (Å²) in [6.07, 6.45) is 3.80. The van der Waals surface area contributed by atoms with Crippen molar-refractivity contribution in [3.8, 4) is 5.88 Å². The summed E-state index contributed by atoms with van der Waals surface area (Å²) in [7, 11) is 0. The maximum absolute atomic E-state index is 5.88. The molecule has 0 unspecified atom stereocenters. The molecule has 0 aromatic carbocycles. The van der Waals surface area contributed by atoms with E-state index < -0.39 is 0 Å². The highest BCUT2D eigenvalue weighted by Gasteiger charge is 2.18. The van der Waals surface area contributed by atoms with Crippen LogP contribution in [0.4, 0.5) is 0 Å². The van der Waals surface area contributed by atoms with Crippen molar-refractivity contribution in [3.05, 3.63) is 23.9 Å². The first-order valence-electron chi connectivity index (χ1n) is 5.72. The van der Waals surface area contributed by atoms with Crippen LogP contribution < -0.4 is 10.5 Å². The van der Waals surface area contributed by atoms with Gasteiger partial charge in [0, 0.05) is 30.6 Å². The van der Waals surface area contributed by atoms with Crippen LogP contribution in [0.2, 0.25) is 0 Å². The van der Waals surface area contributed by atoms with E-state index in [-0.39, 0.29) is 12.1 Å². The van der Waals surface area contributed by atoms with E-state index in [0.717, 1.165) is 31.6 Å². The van der Waals surface area contributed by atoms with Crippen LogP contribution in [0.5, 0.6) is 5.88 Å². The average Bonchev–Trinajstić information content (AvgIpc) is 2.31. The van der Waals surface area contributed by atoms with Gasteiger partial charge in [0.2, 0.25) is 5.88 Å². The lowest BCUT2D eigenvalue weighted by Crippen LogP contribution is -2.27. The van der Waals surface area contributed by atoms with E-state index in [0.29, 0.717) is 5.88 Å². The van der Waals surface area contributed by atoms with Gasteiger partial charge in [0.15, 0.2) is 0 Å². The van der Waals surface area contributed by atoms with Crippen molar-refractivity contribution >= 4 is 0 Å². The van der Waals surface area contributed by atoms with Crippen molar-refractivity contribution in [1.82, 2.24) is 4.98 Å². The first kappa shape index (κ1) is 11.4. The molecule has 2 rings (SSSR count). The second-order valence-electron chi connectivity index (χ2n) is 4.12. The highest BCUT2D eigenvalue weighted by molar-refractivity contribution is 5.28. The Bertz CT molecular complexity index is 336. The van der Waals surface area contributed by atoms with Crippen LogP contribution in [-0.4, -0.2) is 24.3 Å². The van der Waals surface area contributed by atoms with Gasteiger partial charge in [0.25, 0.3) is 0 Å². The van der Waals surface area contributed by atoms with E-state index in [1.807, 2.05) is 19.1 Å². The van der Waals surface area contributed by atoms with Gasteiger partial charge in [-0.3, -0.25) is 0 Å². The molecule has 0 bridgehead atoms. The van der Waals surface area contributed by atoms with Gasteiger partial charge in [0.1, 0.15) is 6.10 Å². The van der Waals surface area contributed by atoms with Crippen LogP contribution in [0, 0.1) is 0 Å². The van der Waals surface area contributed by atoms with Gasteiger partial charge in [0.05, 0.1) is 13.2 Å². The van der Waals surface area contributed by atoms with Crippen molar-refractivity contribution in [2.24, 2.45) is 5.73 Å². The van der Waals surface area contributed by atoms with Gasteiger partial charge in [-0.05, 0) is 13.0 Å². The summed E-state index contributed by atoms with van der Waals surface area (Å²) < 4.78 is 11.2. The number of nitrogens with two attached hydrogens (primary N) is 1. The van der Waals surface area contributed by atoms with Gasteiger partial charge in [-0.25, -0.2) is 4.98 Å². The SMILES string of the molecule is C[C@@H](N)c1cccnc1OC1CCOCC1. The Morgan fingerprint density at radius 1 is 1.50 bits per heavy atom. The van der Waals surface area contributed by atoms with Crippen LogP contribution in [-0.2, 0) is 4.74 Å². The molecule has 1 aliphatic rings. The second-order valence-corrected chi connectivity index (χ2v) is 4.12. The highest BCUT2D eigenvalue weighted by Crippen LogP contribution is 2.23. The zero-order valence-corrected chi connectivity index (χ0v) is 9.56. The molecular weight excluding hydrogens is 204 g/mol. The van der Waals surface area contributed by atoms with E-state index in [1.54, 1.807) is 6.20 Å². The molecule has 1 aromatic rings. The number of aromatic nitrogens is 1. The first-order chi connectivity index (χ1) is 7.77. The van der Waals surface area contributed by atoms with Crippen LogP contribution in [0.15, 0.2) is 18.3 Å². The van der Waals surface area contributed by atoms with E-state index in [1.165, 1.54) is 0 Å². The third kappa shape index (κ3) is 2.71. The van der Waals surface area contributed by atoms with Gasteiger partial charge < -0.3 is 15.2 Å². The summed E-state index contributed by atoms with van der Waals surface area (Å²) in [6, 6.07) is 3.80. The fourth-order valence-corrected chi connectivity index (χ4v) is 1.80. The molecule has 1 aliphatic heterocycles. The predicted molar refractivity (Wildman–Crippen MR) is 61.3 cm³/mol. The van der Waals surface area contributed by atoms with E-state index in [4.69, 9.17) is 15.2 Å². The molecule has 1 aromatic heterocycles. The summed E-state index contributed by atoms with van der Waals surface area (Å²) >= 11 is 0. The van der Waals surface area contributed by atoms with E-state index in [2.05, 4.69) is 4.98 Å². The Hall–Kier alpha value is -1.13. The molecule has 0 aliphatic carbocycles. The Morgan fingerprint density at radius 2 is 2.25 bits per heavy atom. The van der Waals surface area contributed by atoms with E-state index in [9.17, 15) is 0 Å². The fraction of sp³-hybridized carbons (Fsp3) is 0.583. The smallest absolute Gasteiger partial charge is 0.218 e. The maximum Gasteiger partial charge on any atom is 0.218 e. The lowest BCUT2D eigenvalue weighted by molar-refractivity contribution is 0.0232. The lowest BCUT2D eigenvalue weighted by atomic mass is 10.1. The van der Waals surface area contributed by atoms with Gasteiger partial charge >= 0.3 is 0 Å². The van der Waals surface area contributed by atoms with Crippen LogP contribution in [0.1, 0.15) is 31.4 Å². The number of hydrogen-bond donors (Lipinski definition) is 1. The van der Waals surface area contributed by atoms with Crippen molar-refractivity contribution in [3.63, 3.8) is 0 Å². The minimum absolute atomic E-state index is 0.0523. The number of hydrogen-bond acceptors (Lipinski definition) is 4. The second kappa shape index (κ2) is 5.27. The minimum Gasteiger partial charge on any atom is -0.474 e. The quantitative estimate of drug-likeness (QED) is 0.845. The molecular formula is C12H18N2O2. The molecule has 1 saturated heterocycles. The summed E-state index contributed by atoms with van der Waals surface area (Å²) in [5, 5.41) is 0. The molecule has 4 heteroatoms. The predicted octanol–water partition coefficient (Wildman–Crippen LogP) is 1.66. The van der Waals surface area contributed by atoms with Crippen molar-refractivity contribution in [1.29, 1.82) is 0 Å². The Morgan fingerprint density at radius 3 is 2.94 bits per heavy atom. The highest BCUT2D eigenvalue weighted by atomic mass is 16.5. The monoisotopic (exact) mass is 222 g/mol. The third-order valence-electron chi connectivity index (χ3n) is 2.74. The first-order valence-corrected chi connectivity index (χ1v) is 5.72. The van der Waals surface area contributed by atoms with Gasteiger partial charge in [-0.1, -0.05) is 6.07 Å². The molecule has 0 saturated carbocycles. The molecule has 1 fully saturated rings. The molecule has 88 valence electrons. The number of nitrogens with zero attached hydrogens (tertiary/aromatic N) is 1. The third-order valence-corrected chi connectivity index (χ3v) is 2.74. The number of ether oxygens (including phenoxy) is 2. The van der Waals surface area contributed by atoms with Crippen LogP contribution in [0.25, 0.3) is 0 Å².